The first-order valence-corrected chi connectivity index (χ1v) is 7.23. The lowest BCUT2D eigenvalue weighted by atomic mass is 10.2. The topological polar surface area (TPSA) is 41.1 Å². The molecule has 2 aromatic rings. The van der Waals surface area contributed by atoms with Gasteiger partial charge in [-0.3, -0.25) is 0 Å². The summed E-state index contributed by atoms with van der Waals surface area (Å²) in [5.41, 5.74) is 2.67. The summed E-state index contributed by atoms with van der Waals surface area (Å²) in [6.07, 6.45) is 3.05. The Labute approximate surface area is 119 Å². The van der Waals surface area contributed by atoms with E-state index in [0.29, 0.717) is 0 Å². The molecule has 4 heteroatoms. The van der Waals surface area contributed by atoms with Crippen LogP contribution in [0.1, 0.15) is 24.7 Å². The normalized spacial score (nSPS) is 13.4. The van der Waals surface area contributed by atoms with E-state index in [-0.39, 0.29) is 0 Å². The summed E-state index contributed by atoms with van der Waals surface area (Å²) in [6.45, 7) is 3.14. The van der Waals surface area contributed by atoms with Crippen molar-refractivity contribution in [3.63, 3.8) is 0 Å². The number of nitrogens with one attached hydrogen (secondary N) is 1. The van der Waals surface area contributed by atoms with E-state index < -0.39 is 0 Å². The molecule has 0 radical (unpaired) electrons. The third-order valence-corrected chi connectivity index (χ3v) is 3.65. The van der Waals surface area contributed by atoms with Gasteiger partial charge in [-0.25, -0.2) is 9.97 Å². The molecule has 3 rings (SSSR count). The predicted molar refractivity (Wildman–Crippen MR) is 82.7 cm³/mol. The first-order valence-electron chi connectivity index (χ1n) is 7.23. The standard InChI is InChI=1S/C16H20N4/c1-3-6-14-18-15(17-2)11-16(19-14)20-10-9-12-7-4-5-8-13(12)20/h4-5,7-8,11H,3,6,9-10H2,1-2H3,(H,17,18,19). The zero-order chi connectivity index (χ0) is 13.9. The van der Waals surface area contributed by atoms with E-state index in [4.69, 9.17) is 4.98 Å². The molecule has 0 bridgehead atoms. The maximum Gasteiger partial charge on any atom is 0.138 e. The summed E-state index contributed by atoms with van der Waals surface area (Å²) in [6, 6.07) is 10.6. The van der Waals surface area contributed by atoms with Crippen LogP contribution in [-0.4, -0.2) is 23.6 Å². The monoisotopic (exact) mass is 268 g/mol. The van der Waals surface area contributed by atoms with Crippen LogP contribution in [0.4, 0.5) is 17.3 Å². The SMILES string of the molecule is CCCc1nc(NC)cc(N2CCc3ccccc32)n1. The number of hydrogen-bond acceptors (Lipinski definition) is 4. The Morgan fingerprint density at radius 1 is 1.25 bits per heavy atom. The highest BCUT2D eigenvalue weighted by atomic mass is 15.2. The fourth-order valence-corrected chi connectivity index (χ4v) is 2.66. The van der Waals surface area contributed by atoms with Gasteiger partial charge in [-0.05, 0) is 24.5 Å². The third kappa shape index (κ3) is 2.33. The van der Waals surface area contributed by atoms with E-state index in [0.717, 1.165) is 43.3 Å². The Morgan fingerprint density at radius 3 is 2.90 bits per heavy atom. The molecule has 0 saturated heterocycles. The molecule has 1 N–H and O–H groups in total. The molecule has 20 heavy (non-hydrogen) atoms. The van der Waals surface area contributed by atoms with Gasteiger partial charge in [0, 0.05) is 31.8 Å². The van der Waals surface area contributed by atoms with Crippen LogP contribution in [0.25, 0.3) is 0 Å². The van der Waals surface area contributed by atoms with Gasteiger partial charge < -0.3 is 10.2 Å². The van der Waals surface area contributed by atoms with Crippen molar-refractivity contribution in [1.29, 1.82) is 0 Å². The second-order valence-corrected chi connectivity index (χ2v) is 5.06. The summed E-state index contributed by atoms with van der Waals surface area (Å²) >= 11 is 0. The number of nitrogens with zero attached hydrogens (tertiary/aromatic N) is 3. The molecule has 1 aromatic carbocycles. The average Bonchev–Trinajstić information content (AvgIpc) is 2.91. The number of aryl methyl sites for hydroxylation is 1. The lowest BCUT2D eigenvalue weighted by molar-refractivity contribution is 0.827. The van der Waals surface area contributed by atoms with Gasteiger partial charge in [0.15, 0.2) is 0 Å². The number of fused-ring (bicyclic) bond motifs is 1. The van der Waals surface area contributed by atoms with Gasteiger partial charge >= 0.3 is 0 Å². The number of hydrogen-bond donors (Lipinski definition) is 1. The maximum absolute atomic E-state index is 4.73. The van der Waals surface area contributed by atoms with Crippen LogP contribution in [0.15, 0.2) is 30.3 Å². The Balaban J connectivity index is 2.00. The number of benzene rings is 1. The molecule has 0 amide bonds. The molecule has 0 saturated carbocycles. The first kappa shape index (κ1) is 12.9. The minimum Gasteiger partial charge on any atom is -0.373 e. The van der Waals surface area contributed by atoms with Gasteiger partial charge in [-0.15, -0.1) is 0 Å². The van der Waals surface area contributed by atoms with E-state index >= 15 is 0 Å². The zero-order valence-electron chi connectivity index (χ0n) is 12.1. The van der Waals surface area contributed by atoms with Gasteiger partial charge in [0.1, 0.15) is 17.5 Å². The van der Waals surface area contributed by atoms with Crippen LogP contribution in [0.5, 0.6) is 0 Å². The summed E-state index contributed by atoms with van der Waals surface area (Å²) in [7, 11) is 1.90. The smallest absolute Gasteiger partial charge is 0.138 e. The van der Waals surface area contributed by atoms with Crippen molar-refractivity contribution in [3.8, 4) is 0 Å². The molecule has 104 valence electrons. The molecule has 0 fully saturated rings. The van der Waals surface area contributed by atoms with Crippen LogP contribution >= 0.6 is 0 Å². The second kappa shape index (κ2) is 5.49. The van der Waals surface area contributed by atoms with Crippen molar-refractivity contribution in [1.82, 2.24) is 9.97 Å². The Hall–Kier alpha value is -2.10. The quantitative estimate of drug-likeness (QED) is 0.924. The lowest BCUT2D eigenvalue weighted by Crippen LogP contribution is -2.16. The summed E-state index contributed by atoms with van der Waals surface area (Å²) in [5.74, 6) is 2.80. The lowest BCUT2D eigenvalue weighted by Gasteiger charge is -2.19. The fraction of sp³-hybridized carbons (Fsp3) is 0.375. The molecule has 4 nitrogen and oxygen atoms in total. The van der Waals surface area contributed by atoms with E-state index in [2.05, 4.69) is 46.4 Å². The van der Waals surface area contributed by atoms with Crippen molar-refractivity contribution < 1.29 is 0 Å². The fourth-order valence-electron chi connectivity index (χ4n) is 2.66. The molecule has 0 aliphatic carbocycles. The van der Waals surface area contributed by atoms with Crippen LogP contribution in [0.2, 0.25) is 0 Å². The van der Waals surface area contributed by atoms with Gasteiger partial charge in [-0.1, -0.05) is 25.1 Å². The van der Waals surface area contributed by atoms with Crippen molar-refractivity contribution in [3.05, 3.63) is 41.7 Å². The van der Waals surface area contributed by atoms with Crippen molar-refractivity contribution in [2.75, 3.05) is 23.8 Å². The minimum atomic E-state index is 0.892. The Morgan fingerprint density at radius 2 is 2.10 bits per heavy atom. The van der Waals surface area contributed by atoms with Crippen LogP contribution in [0.3, 0.4) is 0 Å². The molecule has 0 unspecified atom stereocenters. The molecular weight excluding hydrogens is 248 g/mol. The van der Waals surface area contributed by atoms with E-state index in [1.54, 1.807) is 0 Å². The second-order valence-electron chi connectivity index (χ2n) is 5.06. The molecule has 1 aliphatic heterocycles. The van der Waals surface area contributed by atoms with Crippen LogP contribution < -0.4 is 10.2 Å². The summed E-state index contributed by atoms with van der Waals surface area (Å²) < 4.78 is 0. The summed E-state index contributed by atoms with van der Waals surface area (Å²) in [4.78, 5) is 11.5. The van der Waals surface area contributed by atoms with Gasteiger partial charge in [0.05, 0.1) is 0 Å². The zero-order valence-corrected chi connectivity index (χ0v) is 12.1. The average molecular weight is 268 g/mol. The van der Waals surface area contributed by atoms with Gasteiger partial charge in [-0.2, -0.15) is 0 Å². The number of aromatic nitrogens is 2. The highest BCUT2D eigenvalue weighted by Crippen LogP contribution is 2.33. The highest BCUT2D eigenvalue weighted by molar-refractivity contribution is 5.68. The van der Waals surface area contributed by atoms with Gasteiger partial charge in [0.25, 0.3) is 0 Å². The van der Waals surface area contributed by atoms with Crippen LogP contribution in [0, 0.1) is 0 Å². The first-order chi connectivity index (χ1) is 9.81. The number of rotatable bonds is 4. The molecule has 0 atom stereocenters. The molecule has 2 heterocycles. The molecule has 1 aliphatic rings. The third-order valence-electron chi connectivity index (χ3n) is 3.65. The number of para-hydroxylation sites is 1. The van der Waals surface area contributed by atoms with E-state index in [1.807, 2.05) is 13.1 Å². The van der Waals surface area contributed by atoms with E-state index in [9.17, 15) is 0 Å². The van der Waals surface area contributed by atoms with Crippen LogP contribution in [-0.2, 0) is 12.8 Å². The highest BCUT2D eigenvalue weighted by Gasteiger charge is 2.21. The van der Waals surface area contributed by atoms with Crippen molar-refractivity contribution >= 4 is 17.3 Å². The predicted octanol–water partition coefficient (Wildman–Crippen LogP) is 3.17. The molecule has 1 aromatic heterocycles. The van der Waals surface area contributed by atoms with E-state index in [1.165, 1.54) is 11.3 Å². The van der Waals surface area contributed by atoms with Gasteiger partial charge in [0.2, 0.25) is 0 Å². The molecular formula is C16H20N4. The Bertz CT molecular complexity index is 609. The Kier molecular flexibility index (Phi) is 3.54. The summed E-state index contributed by atoms with van der Waals surface area (Å²) in [5, 5.41) is 3.14. The molecule has 0 spiro atoms. The van der Waals surface area contributed by atoms with Crippen molar-refractivity contribution in [2.45, 2.75) is 26.2 Å². The van der Waals surface area contributed by atoms with Crippen molar-refractivity contribution in [2.24, 2.45) is 0 Å². The minimum absolute atomic E-state index is 0.892. The largest absolute Gasteiger partial charge is 0.373 e. The maximum atomic E-state index is 4.73. The number of anilines is 3.